The average Bonchev–Trinajstić information content (AvgIpc) is 2.65. The number of ether oxygens (including phenoxy) is 5. The van der Waals surface area contributed by atoms with Crippen LogP contribution in [0, 0.1) is 5.92 Å². The Morgan fingerprint density at radius 2 is 1.47 bits per heavy atom. The third-order valence-electron chi connectivity index (χ3n) is 4.54. The van der Waals surface area contributed by atoms with Crippen LogP contribution < -0.4 is 5.32 Å². The quantitative estimate of drug-likeness (QED) is 0.461. The van der Waals surface area contributed by atoms with Gasteiger partial charge in [0.2, 0.25) is 0 Å². The molecule has 1 aliphatic carbocycles. The second kappa shape index (κ2) is 13.6. The molecule has 1 saturated carbocycles. The molecule has 1 amide bonds. The van der Waals surface area contributed by atoms with Crippen LogP contribution in [-0.4, -0.2) is 64.0 Å². The summed E-state index contributed by atoms with van der Waals surface area (Å²) in [6.07, 6.45) is 1.52. The van der Waals surface area contributed by atoms with Gasteiger partial charge in [-0.25, -0.2) is 4.79 Å². The minimum absolute atomic E-state index is 0.193. The predicted molar refractivity (Wildman–Crippen MR) is 114 cm³/mol. The molecule has 0 aromatic heterocycles. The average molecular weight is 424 g/mol. The van der Waals surface area contributed by atoms with Gasteiger partial charge in [0, 0.05) is 12.6 Å². The van der Waals surface area contributed by atoms with Gasteiger partial charge in [0.15, 0.2) is 0 Å². The lowest BCUT2D eigenvalue weighted by atomic mass is 9.81. The number of amides is 1. The zero-order chi connectivity index (χ0) is 21.7. The summed E-state index contributed by atoms with van der Waals surface area (Å²) in [5, 5.41) is 2.89. The van der Waals surface area contributed by atoms with Crippen LogP contribution in [0.1, 0.15) is 39.2 Å². The third kappa shape index (κ3) is 11.5. The van der Waals surface area contributed by atoms with E-state index in [0.717, 1.165) is 18.4 Å². The molecule has 0 aliphatic heterocycles. The van der Waals surface area contributed by atoms with Crippen molar-refractivity contribution in [2.45, 2.75) is 51.9 Å². The summed E-state index contributed by atoms with van der Waals surface area (Å²) in [4.78, 5) is 11.7. The molecule has 1 aliphatic rings. The van der Waals surface area contributed by atoms with Gasteiger partial charge in [-0.15, -0.1) is 0 Å². The molecule has 1 fully saturated rings. The van der Waals surface area contributed by atoms with Crippen molar-refractivity contribution in [2.75, 3.05) is 46.2 Å². The van der Waals surface area contributed by atoms with E-state index < -0.39 is 5.60 Å². The monoisotopic (exact) mass is 423 g/mol. The Hall–Kier alpha value is -1.67. The minimum Gasteiger partial charge on any atom is -0.444 e. The van der Waals surface area contributed by atoms with E-state index in [0.29, 0.717) is 58.8 Å². The van der Waals surface area contributed by atoms with Gasteiger partial charge in [0.25, 0.3) is 0 Å². The molecular formula is C23H37NO6. The highest BCUT2D eigenvalue weighted by molar-refractivity contribution is 5.68. The maximum atomic E-state index is 11.7. The van der Waals surface area contributed by atoms with Crippen LogP contribution >= 0.6 is 0 Å². The lowest BCUT2D eigenvalue weighted by molar-refractivity contribution is -0.0147. The highest BCUT2D eigenvalue weighted by Gasteiger charge is 2.31. The van der Waals surface area contributed by atoms with E-state index in [9.17, 15) is 4.79 Å². The lowest BCUT2D eigenvalue weighted by Crippen LogP contribution is -2.47. The highest BCUT2D eigenvalue weighted by Crippen LogP contribution is 2.27. The second-order valence-corrected chi connectivity index (χ2v) is 8.52. The Kier molecular flexibility index (Phi) is 11.1. The molecule has 0 unspecified atom stereocenters. The van der Waals surface area contributed by atoms with Crippen molar-refractivity contribution in [1.29, 1.82) is 0 Å². The first-order valence-corrected chi connectivity index (χ1v) is 10.8. The van der Waals surface area contributed by atoms with Crippen molar-refractivity contribution in [3.63, 3.8) is 0 Å². The highest BCUT2D eigenvalue weighted by atomic mass is 16.6. The summed E-state index contributed by atoms with van der Waals surface area (Å²) in [5.74, 6) is 0.490. The summed E-state index contributed by atoms with van der Waals surface area (Å²) in [5.41, 5.74) is 0.704. The maximum absolute atomic E-state index is 11.7. The molecule has 1 N–H and O–H groups in total. The molecule has 0 radical (unpaired) electrons. The van der Waals surface area contributed by atoms with Crippen LogP contribution in [0.4, 0.5) is 4.79 Å². The van der Waals surface area contributed by atoms with Gasteiger partial charge in [0.1, 0.15) is 5.60 Å². The van der Waals surface area contributed by atoms with Crippen LogP contribution in [0.5, 0.6) is 0 Å². The van der Waals surface area contributed by atoms with Crippen molar-refractivity contribution in [3.8, 4) is 0 Å². The van der Waals surface area contributed by atoms with Crippen LogP contribution in [-0.2, 0) is 30.3 Å². The van der Waals surface area contributed by atoms with Crippen molar-refractivity contribution in [2.24, 2.45) is 5.92 Å². The molecular weight excluding hydrogens is 386 g/mol. The van der Waals surface area contributed by atoms with Gasteiger partial charge in [-0.1, -0.05) is 30.3 Å². The van der Waals surface area contributed by atoms with Crippen molar-refractivity contribution < 1.29 is 28.5 Å². The van der Waals surface area contributed by atoms with E-state index in [2.05, 4.69) is 5.32 Å². The summed E-state index contributed by atoms with van der Waals surface area (Å²) < 4.78 is 27.4. The first-order chi connectivity index (χ1) is 14.4. The van der Waals surface area contributed by atoms with Crippen molar-refractivity contribution in [3.05, 3.63) is 35.9 Å². The van der Waals surface area contributed by atoms with Gasteiger partial charge in [-0.3, -0.25) is 0 Å². The number of hydrogen-bond donors (Lipinski definition) is 1. The molecule has 0 heterocycles. The number of benzene rings is 1. The summed E-state index contributed by atoms with van der Waals surface area (Å²) >= 11 is 0. The fraction of sp³-hybridized carbons (Fsp3) is 0.696. The molecule has 1 aromatic carbocycles. The molecule has 0 bridgehead atoms. The number of alkyl carbamates (subject to hydrolysis) is 1. The van der Waals surface area contributed by atoms with Gasteiger partial charge in [-0.2, -0.15) is 0 Å². The van der Waals surface area contributed by atoms with Crippen LogP contribution in [0.15, 0.2) is 30.3 Å². The molecule has 0 saturated heterocycles. The van der Waals surface area contributed by atoms with Gasteiger partial charge < -0.3 is 29.0 Å². The van der Waals surface area contributed by atoms with Gasteiger partial charge >= 0.3 is 6.09 Å². The topological polar surface area (TPSA) is 75.3 Å². The maximum Gasteiger partial charge on any atom is 0.407 e. The van der Waals surface area contributed by atoms with E-state index in [4.69, 9.17) is 23.7 Å². The number of carbonyl (C=O) groups is 1. The molecule has 2 rings (SSSR count). The fourth-order valence-electron chi connectivity index (χ4n) is 3.04. The Labute approximate surface area is 180 Å². The Bertz CT molecular complexity index is 583. The van der Waals surface area contributed by atoms with E-state index >= 15 is 0 Å². The van der Waals surface area contributed by atoms with Crippen LogP contribution in [0.25, 0.3) is 0 Å². The zero-order valence-corrected chi connectivity index (χ0v) is 18.6. The Balaban J connectivity index is 1.30. The van der Waals surface area contributed by atoms with Crippen LogP contribution in [0.2, 0.25) is 0 Å². The third-order valence-corrected chi connectivity index (χ3v) is 4.54. The molecule has 7 heteroatoms. The molecule has 170 valence electrons. The summed E-state index contributed by atoms with van der Waals surface area (Å²) in [6, 6.07) is 10.3. The SMILES string of the molecule is CC(C)(C)OC(=O)NC1CC(COCCOCCOCCOCc2ccccc2)C1. The van der Waals surface area contributed by atoms with E-state index in [1.165, 1.54) is 0 Å². The molecule has 30 heavy (non-hydrogen) atoms. The lowest BCUT2D eigenvalue weighted by Gasteiger charge is -2.35. The van der Waals surface area contributed by atoms with Crippen molar-refractivity contribution >= 4 is 6.09 Å². The first-order valence-electron chi connectivity index (χ1n) is 10.8. The normalized spacial score (nSPS) is 18.6. The number of rotatable bonds is 14. The smallest absolute Gasteiger partial charge is 0.407 e. The second-order valence-electron chi connectivity index (χ2n) is 8.52. The Morgan fingerprint density at radius 3 is 2.07 bits per heavy atom. The fourth-order valence-corrected chi connectivity index (χ4v) is 3.04. The number of hydrogen-bond acceptors (Lipinski definition) is 6. The Morgan fingerprint density at radius 1 is 0.900 bits per heavy atom. The zero-order valence-electron chi connectivity index (χ0n) is 18.6. The number of carbonyl (C=O) groups excluding carboxylic acids is 1. The first kappa shape index (κ1) is 24.6. The minimum atomic E-state index is -0.461. The van der Waals surface area contributed by atoms with Crippen molar-refractivity contribution in [1.82, 2.24) is 5.32 Å². The van der Waals surface area contributed by atoms with E-state index in [-0.39, 0.29) is 12.1 Å². The molecule has 7 nitrogen and oxygen atoms in total. The molecule has 1 aromatic rings. The standard InChI is InChI=1S/C23H37NO6/c1-23(2,3)30-22(25)24-21-15-20(16-21)18-29-14-12-27-10-9-26-11-13-28-17-19-7-5-4-6-8-19/h4-8,20-21H,9-18H2,1-3H3,(H,24,25). The van der Waals surface area contributed by atoms with E-state index in [1.807, 2.05) is 51.1 Å². The largest absolute Gasteiger partial charge is 0.444 e. The summed E-state index contributed by atoms with van der Waals surface area (Å²) in [6.45, 7) is 10.3. The molecule has 0 atom stereocenters. The number of nitrogens with one attached hydrogen (secondary N) is 1. The summed E-state index contributed by atoms with van der Waals surface area (Å²) in [7, 11) is 0. The predicted octanol–water partition coefficient (Wildman–Crippen LogP) is 3.56. The van der Waals surface area contributed by atoms with Crippen LogP contribution in [0.3, 0.4) is 0 Å². The molecule has 0 spiro atoms. The van der Waals surface area contributed by atoms with Gasteiger partial charge in [-0.05, 0) is 45.1 Å². The van der Waals surface area contributed by atoms with Gasteiger partial charge in [0.05, 0.1) is 46.2 Å². The van der Waals surface area contributed by atoms with E-state index in [1.54, 1.807) is 0 Å².